The van der Waals surface area contributed by atoms with Crippen LogP contribution >= 0.6 is 11.3 Å². The Bertz CT molecular complexity index is 1170. The third-order valence-electron chi connectivity index (χ3n) is 3.90. The third-order valence-corrected chi connectivity index (χ3v) is 4.82. The lowest BCUT2D eigenvalue weighted by Gasteiger charge is -2.10. The van der Waals surface area contributed by atoms with Crippen molar-refractivity contribution in [2.24, 2.45) is 0 Å². The summed E-state index contributed by atoms with van der Waals surface area (Å²) in [4.78, 5) is 12.2. The molecule has 26 heavy (non-hydrogen) atoms. The molecule has 0 aliphatic rings. The Kier molecular flexibility index (Phi) is 4.03. The second kappa shape index (κ2) is 6.50. The molecular weight excluding hydrogens is 351 g/mol. The van der Waals surface area contributed by atoms with E-state index in [4.69, 9.17) is 4.74 Å². The second-order valence-corrected chi connectivity index (χ2v) is 6.41. The number of benzene rings is 1. The Morgan fingerprint density at radius 3 is 2.85 bits per heavy atom. The van der Waals surface area contributed by atoms with Gasteiger partial charge in [-0.1, -0.05) is 0 Å². The third kappa shape index (κ3) is 2.76. The van der Waals surface area contributed by atoms with E-state index in [1.807, 2.05) is 23.6 Å². The highest BCUT2D eigenvalue weighted by atomic mass is 32.1. The molecule has 5 nitrogen and oxygen atoms in total. The second-order valence-electron chi connectivity index (χ2n) is 5.49. The van der Waals surface area contributed by atoms with Crippen LogP contribution in [0.25, 0.3) is 21.2 Å². The highest BCUT2D eigenvalue weighted by Gasteiger charge is 2.16. The van der Waals surface area contributed by atoms with Crippen molar-refractivity contribution in [1.29, 1.82) is 5.26 Å². The van der Waals surface area contributed by atoms with E-state index in [1.165, 1.54) is 23.7 Å². The van der Waals surface area contributed by atoms with Crippen molar-refractivity contribution >= 4 is 21.4 Å². The zero-order chi connectivity index (χ0) is 18.1. The van der Waals surface area contributed by atoms with Gasteiger partial charge >= 0.3 is 0 Å². The molecule has 3 aromatic heterocycles. The molecule has 0 N–H and O–H groups in total. The maximum atomic E-state index is 14.7. The van der Waals surface area contributed by atoms with Crippen molar-refractivity contribution in [3.63, 3.8) is 0 Å². The Morgan fingerprint density at radius 2 is 2.04 bits per heavy atom. The van der Waals surface area contributed by atoms with E-state index < -0.39 is 5.82 Å². The van der Waals surface area contributed by atoms with Crippen LogP contribution in [0.15, 0.2) is 48.2 Å². The van der Waals surface area contributed by atoms with Crippen molar-refractivity contribution in [3.05, 3.63) is 65.4 Å². The van der Waals surface area contributed by atoms with Gasteiger partial charge in [-0.05, 0) is 42.0 Å². The molecule has 0 unspecified atom stereocenters. The summed E-state index contributed by atoms with van der Waals surface area (Å²) in [6.07, 6.45) is 2.94. The van der Waals surface area contributed by atoms with E-state index in [0.29, 0.717) is 22.9 Å². The van der Waals surface area contributed by atoms with Gasteiger partial charge in [0.25, 0.3) is 0 Å². The minimum absolute atomic E-state index is 0.134. The molecule has 0 fully saturated rings. The van der Waals surface area contributed by atoms with Gasteiger partial charge in [0, 0.05) is 29.1 Å². The molecular formula is C19H11FN4OS. The summed E-state index contributed by atoms with van der Waals surface area (Å²) in [7, 11) is 0. The van der Waals surface area contributed by atoms with E-state index in [2.05, 4.69) is 15.0 Å². The summed E-state index contributed by atoms with van der Waals surface area (Å²) in [5.74, 6) is 0.240. The van der Waals surface area contributed by atoms with Crippen molar-refractivity contribution in [1.82, 2.24) is 15.0 Å². The lowest BCUT2D eigenvalue weighted by Crippen LogP contribution is -1.98. The topological polar surface area (TPSA) is 71.7 Å². The van der Waals surface area contributed by atoms with Crippen molar-refractivity contribution in [2.45, 2.75) is 6.92 Å². The first-order valence-corrected chi connectivity index (χ1v) is 8.57. The number of aromatic nitrogens is 3. The molecule has 0 aliphatic heterocycles. The molecule has 4 aromatic rings. The van der Waals surface area contributed by atoms with Crippen LogP contribution in [0.2, 0.25) is 0 Å². The fraction of sp³-hybridized carbons (Fsp3) is 0.0526. The van der Waals surface area contributed by atoms with Crippen LogP contribution in [0.4, 0.5) is 4.39 Å². The van der Waals surface area contributed by atoms with E-state index >= 15 is 0 Å². The number of rotatable bonds is 3. The number of hydrogen-bond acceptors (Lipinski definition) is 6. The van der Waals surface area contributed by atoms with Gasteiger partial charge in [0.1, 0.15) is 24.0 Å². The number of pyridine rings is 1. The van der Waals surface area contributed by atoms with Crippen LogP contribution in [0.3, 0.4) is 0 Å². The molecule has 0 radical (unpaired) electrons. The predicted octanol–water partition coefficient (Wildman–Crippen LogP) is 4.86. The predicted molar refractivity (Wildman–Crippen MR) is 96.6 cm³/mol. The van der Waals surface area contributed by atoms with Gasteiger partial charge in [-0.15, -0.1) is 11.3 Å². The van der Waals surface area contributed by atoms with Crippen LogP contribution in [0, 0.1) is 24.1 Å². The SMILES string of the molecule is Cc1ncnc(C#N)c1-c1ccc(Oc2nccc3ccsc23)cc1F. The van der Waals surface area contributed by atoms with Crippen LogP contribution in [-0.4, -0.2) is 15.0 Å². The van der Waals surface area contributed by atoms with E-state index in [0.717, 1.165) is 10.1 Å². The summed E-state index contributed by atoms with van der Waals surface area (Å²) in [5, 5.41) is 12.2. The van der Waals surface area contributed by atoms with Gasteiger partial charge in [-0.3, -0.25) is 0 Å². The molecule has 0 saturated heterocycles. The number of aryl methyl sites for hydroxylation is 1. The number of nitriles is 1. The first-order valence-electron chi connectivity index (χ1n) is 7.69. The van der Waals surface area contributed by atoms with E-state index in [9.17, 15) is 9.65 Å². The zero-order valence-corrected chi connectivity index (χ0v) is 14.4. The Morgan fingerprint density at radius 1 is 1.15 bits per heavy atom. The highest BCUT2D eigenvalue weighted by molar-refractivity contribution is 7.17. The van der Waals surface area contributed by atoms with Crippen LogP contribution in [0.1, 0.15) is 11.4 Å². The molecule has 1 aromatic carbocycles. The van der Waals surface area contributed by atoms with Gasteiger partial charge in [0.05, 0.1) is 4.70 Å². The van der Waals surface area contributed by atoms with Gasteiger partial charge in [0.15, 0.2) is 5.69 Å². The minimum Gasteiger partial charge on any atom is -0.437 e. The summed E-state index contributed by atoms with van der Waals surface area (Å²) in [5.41, 5.74) is 1.32. The molecule has 7 heteroatoms. The molecule has 0 spiro atoms. The Labute approximate surface area is 152 Å². The Balaban J connectivity index is 1.74. The average Bonchev–Trinajstić information content (AvgIpc) is 3.12. The van der Waals surface area contributed by atoms with Gasteiger partial charge in [0.2, 0.25) is 5.88 Å². The molecule has 126 valence electrons. The minimum atomic E-state index is -0.518. The molecule has 0 amide bonds. The maximum Gasteiger partial charge on any atom is 0.237 e. The fourth-order valence-corrected chi connectivity index (χ4v) is 3.51. The summed E-state index contributed by atoms with van der Waals surface area (Å²) in [6, 6.07) is 10.3. The Hall–Kier alpha value is -3.37. The van der Waals surface area contributed by atoms with Crippen LogP contribution in [0.5, 0.6) is 11.6 Å². The van der Waals surface area contributed by atoms with Crippen LogP contribution < -0.4 is 4.74 Å². The molecule has 4 rings (SSSR count). The first kappa shape index (κ1) is 16.1. The largest absolute Gasteiger partial charge is 0.437 e. The monoisotopic (exact) mass is 362 g/mol. The van der Waals surface area contributed by atoms with Crippen molar-refractivity contribution in [3.8, 4) is 28.8 Å². The van der Waals surface area contributed by atoms with Gasteiger partial charge in [-0.2, -0.15) is 5.26 Å². The van der Waals surface area contributed by atoms with E-state index in [1.54, 1.807) is 25.3 Å². The molecule has 0 atom stereocenters. The molecule has 0 aliphatic carbocycles. The summed E-state index contributed by atoms with van der Waals surface area (Å²) in [6.45, 7) is 1.71. The quantitative estimate of drug-likeness (QED) is 0.520. The zero-order valence-electron chi connectivity index (χ0n) is 13.6. The first-order chi connectivity index (χ1) is 12.7. The number of hydrogen-bond donors (Lipinski definition) is 0. The lowest BCUT2D eigenvalue weighted by molar-refractivity contribution is 0.465. The van der Waals surface area contributed by atoms with Gasteiger partial charge in [-0.25, -0.2) is 19.3 Å². The number of thiophene rings is 1. The standard InChI is InChI=1S/C19H11FN4OS/c1-11-17(16(9-21)24-10-23-11)14-3-2-13(8-15(14)20)25-19-18-12(4-6-22-19)5-7-26-18/h2-8,10H,1H3. The number of fused-ring (bicyclic) bond motifs is 1. The maximum absolute atomic E-state index is 14.7. The van der Waals surface area contributed by atoms with Gasteiger partial charge < -0.3 is 4.74 Å². The fourth-order valence-electron chi connectivity index (χ4n) is 2.70. The van der Waals surface area contributed by atoms with Crippen molar-refractivity contribution < 1.29 is 9.13 Å². The highest BCUT2D eigenvalue weighted by Crippen LogP contribution is 2.34. The molecule has 0 saturated carbocycles. The van der Waals surface area contributed by atoms with Crippen LogP contribution in [-0.2, 0) is 0 Å². The number of ether oxygens (including phenoxy) is 1. The smallest absolute Gasteiger partial charge is 0.237 e. The van der Waals surface area contributed by atoms with Crippen molar-refractivity contribution in [2.75, 3.05) is 0 Å². The molecule has 0 bridgehead atoms. The molecule has 3 heterocycles. The summed E-state index contributed by atoms with van der Waals surface area (Å²) < 4.78 is 21.4. The van der Waals surface area contributed by atoms with E-state index in [-0.39, 0.29) is 11.3 Å². The lowest BCUT2D eigenvalue weighted by atomic mass is 10.0. The normalized spacial score (nSPS) is 10.7. The summed E-state index contributed by atoms with van der Waals surface area (Å²) >= 11 is 1.51. The average molecular weight is 362 g/mol. The number of nitrogens with zero attached hydrogens (tertiary/aromatic N) is 4. The number of halogens is 1.